The zero-order chi connectivity index (χ0) is 36.6. The van der Waals surface area contributed by atoms with E-state index in [-0.39, 0.29) is 11.6 Å². The molecule has 1 aromatic heterocycles. The molecule has 7 rings (SSSR count). The Bertz CT molecular complexity index is 2370. The van der Waals surface area contributed by atoms with Crippen molar-refractivity contribution in [3.63, 3.8) is 0 Å². The molecule has 0 spiro atoms. The molecule has 3 amide bonds. The fourth-order valence-corrected chi connectivity index (χ4v) is 6.44. The highest BCUT2D eigenvalue weighted by Gasteiger charge is 2.23. The van der Waals surface area contributed by atoms with Crippen LogP contribution in [-0.2, 0) is 9.59 Å². The van der Waals surface area contributed by atoms with Crippen LogP contribution in [0.5, 0.6) is 0 Å². The Hall–Kier alpha value is -6.78. The van der Waals surface area contributed by atoms with Gasteiger partial charge in [0.2, 0.25) is 11.8 Å². The Morgan fingerprint density at radius 1 is 0.679 bits per heavy atom. The molecule has 53 heavy (non-hydrogen) atoms. The molecule has 8 nitrogen and oxygen atoms in total. The number of oxazole rings is 1. The van der Waals surface area contributed by atoms with E-state index >= 15 is 0 Å². The summed E-state index contributed by atoms with van der Waals surface area (Å²) in [5.41, 5.74) is 5.06. The minimum atomic E-state index is -0.591. The molecule has 0 saturated carbocycles. The zero-order valence-electron chi connectivity index (χ0n) is 28.0. The van der Waals surface area contributed by atoms with Gasteiger partial charge in [0.15, 0.2) is 5.58 Å². The summed E-state index contributed by atoms with van der Waals surface area (Å²) < 4.78 is 19.4. The van der Waals surface area contributed by atoms with E-state index in [1.807, 2.05) is 91.0 Å². The van der Waals surface area contributed by atoms with Gasteiger partial charge in [-0.2, -0.15) is 0 Å². The zero-order valence-corrected chi connectivity index (χ0v) is 28.8. The molecule has 0 aliphatic carbocycles. The molecule has 10 heteroatoms. The summed E-state index contributed by atoms with van der Waals surface area (Å²) in [7, 11) is 0. The number of nitrogens with one attached hydrogen (secondary N) is 3. The Balaban J connectivity index is 1.05. The van der Waals surface area contributed by atoms with Crippen LogP contribution in [0.4, 0.5) is 15.8 Å². The van der Waals surface area contributed by atoms with E-state index in [0.29, 0.717) is 34.0 Å². The lowest BCUT2D eigenvalue weighted by molar-refractivity contribution is -0.116. The first kappa shape index (κ1) is 34.7. The molecule has 0 aliphatic rings. The highest BCUT2D eigenvalue weighted by Crippen LogP contribution is 2.37. The largest absolute Gasteiger partial charge is 0.436 e. The maximum absolute atomic E-state index is 13.8. The monoisotopic (exact) mass is 718 g/mol. The molecule has 7 aromatic rings. The van der Waals surface area contributed by atoms with Crippen molar-refractivity contribution in [2.75, 3.05) is 10.6 Å². The Morgan fingerprint density at radius 2 is 1.30 bits per heavy atom. The molecule has 0 radical (unpaired) electrons. The van der Waals surface area contributed by atoms with Crippen molar-refractivity contribution in [1.29, 1.82) is 0 Å². The maximum Gasteiger partial charge on any atom is 0.272 e. The lowest BCUT2D eigenvalue weighted by atomic mass is 10.1. The third kappa shape index (κ3) is 8.76. The standard InChI is InChI=1S/C43H31FN4O4S/c44-32-19-15-28(16-20-32)27-37(47-40(49)30-11-5-2-6-12-30)41(50)45-34-23-25-35(26-24-34)53-39(29-9-3-1-4-10-29)42(51)46-33-21-17-31(18-22-33)43-48-36-13-7-8-14-38(36)52-43/h1-27,39H,(H,45,50)(H,46,51)(H,47,49)/b37-27-. The second-order valence-corrected chi connectivity index (χ2v) is 13.0. The summed E-state index contributed by atoms with van der Waals surface area (Å²) in [4.78, 5) is 45.5. The highest BCUT2D eigenvalue weighted by atomic mass is 32.2. The van der Waals surface area contributed by atoms with Crippen LogP contribution in [0.1, 0.15) is 26.7 Å². The van der Waals surface area contributed by atoms with Crippen LogP contribution in [0, 0.1) is 5.82 Å². The van der Waals surface area contributed by atoms with E-state index in [9.17, 15) is 18.8 Å². The van der Waals surface area contributed by atoms with Crippen molar-refractivity contribution in [1.82, 2.24) is 10.3 Å². The van der Waals surface area contributed by atoms with Crippen LogP contribution in [0.15, 0.2) is 173 Å². The number of carbonyl (C=O) groups is 3. The quantitative estimate of drug-likeness (QED) is 0.0907. The highest BCUT2D eigenvalue weighted by molar-refractivity contribution is 8.00. The van der Waals surface area contributed by atoms with Gasteiger partial charge in [-0.3, -0.25) is 14.4 Å². The van der Waals surface area contributed by atoms with Gasteiger partial charge >= 0.3 is 0 Å². The molecule has 6 aromatic carbocycles. The van der Waals surface area contributed by atoms with Crippen LogP contribution in [0.25, 0.3) is 28.6 Å². The predicted molar refractivity (Wildman–Crippen MR) is 206 cm³/mol. The van der Waals surface area contributed by atoms with Gasteiger partial charge < -0.3 is 20.4 Å². The van der Waals surface area contributed by atoms with E-state index in [1.54, 1.807) is 42.5 Å². The van der Waals surface area contributed by atoms with Gasteiger partial charge in [-0.25, -0.2) is 9.37 Å². The number of amides is 3. The van der Waals surface area contributed by atoms with E-state index in [2.05, 4.69) is 20.9 Å². The lowest BCUT2D eigenvalue weighted by Crippen LogP contribution is -2.30. The summed E-state index contributed by atoms with van der Waals surface area (Å²) in [6.45, 7) is 0. The Kier molecular flexibility index (Phi) is 10.5. The van der Waals surface area contributed by atoms with Crippen molar-refractivity contribution >= 4 is 58.0 Å². The third-order valence-electron chi connectivity index (χ3n) is 8.11. The average molecular weight is 719 g/mol. The van der Waals surface area contributed by atoms with Crippen LogP contribution >= 0.6 is 11.8 Å². The fourth-order valence-electron chi connectivity index (χ4n) is 5.42. The lowest BCUT2D eigenvalue weighted by Gasteiger charge is -2.18. The predicted octanol–water partition coefficient (Wildman–Crippen LogP) is 9.52. The number of carbonyl (C=O) groups excluding carboxylic acids is 3. The second kappa shape index (κ2) is 16.1. The molecule has 0 fully saturated rings. The summed E-state index contributed by atoms with van der Waals surface area (Å²) in [5, 5.41) is 7.95. The number of fused-ring (bicyclic) bond motifs is 1. The molecule has 0 bridgehead atoms. The van der Waals surface area contributed by atoms with Crippen LogP contribution in [0.2, 0.25) is 0 Å². The first-order chi connectivity index (χ1) is 25.9. The molecule has 1 heterocycles. The van der Waals surface area contributed by atoms with E-state index < -0.39 is 22.9 Å². The van der Waals surface area contributed by atoms with Crippen molar-refractivity contribution in [3.8, 4) is 11.5 Å². The number of hydrogen-bond donors (Lipinski definition) is 3. The number of para-hydroxylation sites is 2. The van der Waals surface area contributed by atoms with Crippen molar-refractivity contribution < 1.29 is 23.2 Å². The molecule has 260 valence electrons. The van der Waals surface area contributed by atoms with Crippen LogP contribution in [0.3, 0.4) is 0 Å². The molecule has 0 aliphatic heterocycles. The minimum absolute atomic E-state index is 0.0217. The first-order valence-electron chi connectivity index (χ1n) is 16.6. The molecular formula is C43H31FN4O4S. The van der Waals surface area contributed by atoms with Crippen molar-refractivity contribution in [3.05, 3.63) is 186 Å². The third-order valence-corrected chi connectivity index (χ3v) is 9.38. The van der Waals surface area contributed by atoms with Gasteiger partial charge in [0.1, 0.15) is 22.3 Å². The van der Waals surface area contributed by atoms with Crippen LogP contribution in [-0.4, -0.2) is 22.7 Å². The minimum Gasteiger partial charge on any atom is -0.436 e. The summed E-state index contributed by atoms with van der Waals surface area (Å²) >= 11 is 1.37. The molecular weight excluding hydrogens is 688 g/mol. The average Bonchev–Trinajstić information content (AvgIpc) is 3.63. The number of thioether (sulfide) groups is 1. The van der Waals surface area contributed by atoms with Crippen LogP contribution < -0.4 is 16.0 Å². The van der Waals surface area contributed by atoms with Gasteiger partial charge in [0, 0.05) is 27.4 Å². The maximum atomic E-state index is 13.8. The number of halogens is 1. The Morgan fingerprint density at radius 3 is 2.00 bits per heavy atom. The Labute approximate surface area is 308 Å². The number of nitrogens with zero attached hydrogens (tertiary/aromatic N) is 1. The molecule has 3 N–H and O–H groups in total. The number of benzene rings is 6. The van der Waals surface area contributed by atoms with Gasteiger partial charge in [-0.1, -0.05) is 72.8 Å². The summed E-state index contributed by atoms with van der Waals surface area (Å²) in [6.07, 6.45) is 1.48. The fraction of sp³-hybridized carbons (Fsp3) is 0.0233. The number of aromatic nitrogens is 1. The number of rotatable bonds is 11. The molecule has 1 atom stereocenters. The van der Waals surface area contributed by atoms with E-state index in [1.165, 1.54) is 42.1 Å². The summed E-state index contributed by atoms with van der Waals surface area (Å²) in [6, 6.07) is 45.5. The van der Waals surface area contributed by atoms with Gasteiger partial charge in [0.05, 0.1) is 0 Å². The van der Waals surface area contributed by atoms with Crippen molar-refractivity contribution in [2.45, 2.75) is 10.1 Å². The molecule has 0 saturated heterocycles. The first-order valence-corrected chi connectivity index (χ1v) is 17.5. The smallest absolute Gasteiger partial charge is 0.272 e. The van der Waals surface area contributed by atoms with Gasteiger partial charge in [-0.15, -0.1) is 11.8 Å². The van der Waals surface area contributed by atoms with E-state index in [0.717, 1.165) is 21.5 Å². The number of anilines is 2. The normalized spacial score (nSPS) is 11.8. The van der Waals surface area contributed by atoms with E-state index in [4.69, 9.17) is 4.42 Å². The van der Waals surface area contributed by atoms with Gasteiger partial charge in [0.25, 0.3) is 11.8 Å². The van der Waals surface area contributed by atoms with Gasteiger partial charge in [-0.05, 0) is 102 Å². The van der Waals surface area contributed by atoms with Crippen molar-refractivity contribution in [2.24, 2.45) is 0 Å². The SMILES string of the molecule is O=C(Nc1ccc(SC(C(=O)Nc2ccc(-c3nc4ccccc4o3)cc2)c2ccccc2)cc1)/C(=C/c1ccc(F)cc1)NC(=O)c1ccccc1. The second-order valence-electron chi connectivity index (χ2n) is 11.9. The number of hydrogen-bond acceptors (Lipinski definition) is 6. The topological polar surface area (TPSA) is 113 Å². The molecule has 1 unspecified atom stereocenters. The summed E-state index contributed by atoms with van der Waals surface area (Å²) in [5.74, 6) is -1.16.